The Morgan fingerprint density at radius 2 is 1.97 bits per heavy atom. The summed E-state index contributed by atoms with van der Waals surface area (Å²) in [7, 11) is 1.62. The van der Waals surface area contributed by atoms with E-state index in [0.29, 0.717) is 24.9 Å². The summed E-state index contributed by atoms with van der Waals surface area (Å²) in [6.07, 6.45) is 8.27. The van der Waals surface area contributed by atoms with Crippen molar-refractivity contribution in [2.75, 3.05) is 37.4 Å². The number of carbonyl (C=O) groups excluding carboxylic acids is 1. The lowest BCUT2D eigenvalue weighted by Crippen LogP contribution is -2.63. The number of nitrogens with zero attached hydrogens (tertiary/aromatic N) is 3. The molecule has 2 fully saturated rings. The molecule has 1 amide bonds. The lowest BCUT2D eigenvalue weighted by Gasteiger charge is -2.47. The van der Waals surface area contributed by atoms with E-state index in [1.54, 1.807) is 13.3 Å². The van der Waals surface area contributed by atoms with Crippen molar-refractivity contribution in [1.29, 1.82) is 0 Å². The van der Waals surface area contributed by atoms with Gasteiger partial charge in [0.15, 0.2) is 12.4 Å². The Morgan fingerprint density at radius 3 is 2.76 bits per heavy atom. The fourth-order valence-corrected chi connectivity index (χ4v) is 5.00. The zero-order valence-electron chi connectivity index (χ0n) is 19.0. The van der Waals surface area contributed by atoms with Crippen molar-refractivity contribution in [2.45, 2.75) is 50.1 Å². The van der Waals surface area contributed by atoms with E-state index in [2.05, 4.69) is 15.6 Å². The van der Waals surface area contributed by atoms with Gasteiger partial charge in [-0.3, -0.25) is 9.79 Å². The van der Waals surface area contributed by atoms with Crippen LogP contribution in [0.4, 0.5) is 11.5 Å². The molecule has 1 spiro atoms. The molecule has 0 bridgehead atoms. The summed E-state index contributed by atoms with van der Waals surface area (Å²) in [5.74, 6) is 3.09. The number of benzene rings is 1. The molecule has 2 aromatic rings. The SMILES string of the molecule is COc1ccc(OCC(=O)N2CCCC3(C2)Nc2cccnc2NC3=NC2CCCC2)cc1. The summed E-state index contributed by atoms with van der Waals surface area (Å²) >= 11 is 0. The van der Waals surface area contributed by atoms with Crippen molar-refractivity contribution in [3.8, 4) is 11.5 Å². The number of hydrogen-bond donors (Lipinski definition) is 2. The maximum absolute atomic E-state index is 13.1. The molecule has 1 aliphatic carbocycles. The van der Waals surface area contributed by atoms with E-state index in [0.717, 1.165) is 48.8 Å². The Morgan fingerprint density at radius 1 is 1.18 bits per heavy atom. The molecule has 8 nitrogen and oxygen atoms in total. The largest absolute Gasteiger partial charge is 0.497 e. The van der Waals surface area contributed by atoms with Gasteiger partial charge in [0.2, 0.25) is 0 Å². The van der Waals surface area contributed by atoms with Gasteiger partial charge in [-0.1, -0.05) is 12.8 Å². The molecule has 1 unspecified atom stereocenters. The van der Waals surface area contributed by atoms with Crippen LogP contribution in [0.5, 0.6) is 11.5 Å². The Labute approximate surface area is 194 Å². The van der Waals surface area contributed by atoms with Gasteiger partial charge in [0, 0.05) is 12.7 Å². The standard InChI is InChI=1S/C25H31N5O3/c1-32-19-9-11-20(12-10-19)33-16-22(31)30-15-5-13-25(17-30)24(27-18-6-2-3-7-18)28-23-21(29-25)8-4-14-26-23/h4,8-12,14,18,29H,2-3,5-7,13,15-17H2,1H3,(H,26,27,28). The lowest BCUT2D eigenvalue weighted by molar-refractivity contribution is -0.134. The maximum atomic E-state index is 13.1. The summed E-state index contributed by atoms with van der Waals surface area (Å²) in [4.78, 5) is 24.6. The average molecular weight is 450 g/mol. The maximum Gasteiger partial charge on any atom is 0.260 e. The number of hydrogen-bond acceptors (Lipinski definition) is 6. The number of ether oxygens (including phenoxy) is 2. The number of amidine groups is 1. The van der Waals surface area contributed by atoms with Crippen LogP contribution in [0, 0.1) is 0 Å². The van der Waals surface area contributed by atoms with Crippen LogP contribution in [0.15, 0.2) is 47.6 Å². The third-order valence-corrected chi connectivity index (χ3v) is 6.77. The average Bonchev–Trinajstić information content (AvgIpc) is 3.37. The molecule has 1 aromatic carbocycles. The smallest absolute Gasteiger partial charge is 0.260 e. The minimum atomic E-state index is -0.438. The third-order valence-electron chi connectivity index (χ3n) is 6.77. The van der Waals surface area contributed by atoms with E-state index in [-0.39, 0.29) is 12.5 Å². The van der Waals surface area contributed by atoms with Crippen molar-refractivity contribution >= 4 is 23.2 Å². The van der Waals surface area contributed by atoms with Gasteiger partial charge in [-0.05, 0) is 62.1 Å². The van der Waals surface area contributed by atoms with Gasteiger partial charge >= 0.3 is 0 Å². The summed E-state index contributed by atoms with van der Waals surface area (Å²) in [6, 6.07) is 11.6. The first kappa shape index (κ1) is 21.6. The summed E-state index contributed by atoms with van der Waals surface area (Å²) in [5.41, 5.74) is 0.513. The highest BCUT2D eigenvalue weighted by atomic mass is 16.5. The highest BCUT2D eigenvalue weighted by Gasteiger charge is 2.45. The second kappa shape index (κ2) is 9.29. The monoisotopic (exact) mass is 449 g/mol. The fourth-order valence-electron chi connectivity index (χ4n) is 5.00. The van der Waals surface area contributed by atoms with E-state index in [9.17, 15) is 4.79 Å². The minimum absolute atomic E-state index is 0.00306. The topological polar surface area (TPSA) is 88.1 Å². The Kier molecular flexibility index (Phi) is 6.07. The predicted octanol–water partition coefficient (Wildman–Crippen LogP) is 3.71. The number of methoxy groups -OCH3 is 1. The van der Waals surface area contributed by atoms with Gasteiger partial charge in [0.25, 0.3) is 5.91 Å². The summed E-state index contributed by atoms with van der Waals surface area (Å²) in [5, 5.41) is 7.21. The Hall–Kier alpha value is -3.29. The van der Waals surface area contributed by atoms with Crippen LogP contribution < -0.4 is 20.1 Å². The molecule has 5 rings (SSSR count). The number of amides is 1. The Bertz CT molecular complexity index is 1020. The quantitative estimate of drug-likeness (QED) is 0.724. The molecule has 0 radical (unpaired) electrons. The zero-order valence-corrected chi connectivity index (χ0v) is 19.0. The van der Waals surface area contributed by atoms with Crippen molar-refractivity contribution < 1.29 is 14.3 Å². The van der Waals surface area contributed by atoms with E-state index in [1.807, 2.05) is 41.3 Å². The van der Waals surface area contributed by atoms with Crippen molar-refractivity contribution in [3.63, 3.8) is 0 Å². The summed E-state index contributed by atoms with van der Waals surface area (Å²) in [6.45, 7) is 1.26. The number of aromatic nitrogens is 1. The molecule has 3 heterocycles. The van der Waals surface area contributed by atoms with Crippen LogP contribution in [0.1, 0.15) is 38.5 Å². The van der Waals surface area contributed by atoms with Gasteiger partial charge in [0.1, 0.15) is 22.9 Å². The van der Waals surface area contributed by atoms with E-state index in [1.165, 1.54) is 12.8 Å². The normalized spacial score (nSPS) is 23.7. The van der Waals surface area contributed by atoms with Gasteiger partial charge in [-0.2, -0.15) is 0 Å². The Balaban J connectivity index is 1.33. The molecular weight excluding hydrogens is 418 g/mol. The predicted molar refractivity (Wildman–Crippen MR) is 128 cm³/mol. The van der Waals surface area contributed by atoms with Crippen LogP contribution in [0.3, 0.4) is 0 Å². The number of nitrogens with one attached hydrogen (secondary N) is 2. The molecule has 174 valence electrons. The highest BCUT2D eigenvalue weighted by molar-refractivity contribution is 6.09. The number of pyridine rings is 1. The second-order valence-electron chi connectivity index (χ2n) is 9.03. The van der Waals surface area contributed by atoms with E-state index in [4.69, 9.17) is 14.5 Å². The van der Waals surface area contributed by atoms with Crippen molar-refractivity contribution in [3.05, 3.63) is 42.6 Å². The van der Waals surface area contributed by atoms with Gasteiger partial charge < -0.3 is 25.0 Å². The highest BCUT2D eigenvalue weighted by Crippen LogP contribution is 2.36. The minimum Gasteiger partial charge on any atom is -0.497 e. The number of anilines is 2. The van der Waals surface area contributed by atoms with Crippen molar-refractivity contribution in [2.24, 2.45) is 4.99 Å². The van der Waals surface area contributed by atoms with Crippen LogP contribution >= 0.6 is 0 Å². The first-order valence-electron chi connectivity index (χ1n) is 11.8. The molecule has 1 saturated heterocycles. The zero-order chi connectivity index (χ0) is 22.7. The van der Waals surface area contributed by atoms with Crippen LogP contribution in [-0.4, -0.2) is 60.0 Å². The molecule has 2 N–H and O–H groups in total. The van der Waals surface area contributed by atoms with E-state index >= 15 is 0 Å². The first-order chi connectivity index (χ1) is 16.1. The first-order valence-corrected chi connectivity index (χ1v) is 11.8. The van der Waals surface area contributed by atoms with Crippen LogP contribution in [0.25, 0.3) is 0 Å². The van der Waals surface area contributed by atoms with Gasteiger partial charge in [-0.15, -0.1) is 0 Å². The number of aliphatic imine (C=N–C) groups is 1. The molecule has 8 heteroatoms. The number of carbonyl (C=O) groups is 1. The number of fused-ring (bicyclic) bond motifs is 1. The molecule has 3 aliphatic rings. The molecule has 2 aliphatic heterocycles. The molecular formula is C25H31N5O3. The van der Waals surface area contributed by atoms with Crippen LogP contribution in [-0.2, 0) is 4.79 Å². The van der Waals surface area contributed by atoms with Gasteiger partial charge in [0.05, 0.1) is 25.4 Å². The summed E-state index contributed by atoms with van der Waals surface area (Å²) < 4.78 is 10.9. The number of rotatable bonds is 5. The third kappa shape index (κ3) is 4.60. The lowest BCUT2D eigenvalue weighted by atomic mass is 9.85. The van der Waals surface area contributed by atoms with Crippen LogP contribution in [0.2, 0.25) is 0 Å². The molecule has 1 aromatic heterocycles. The fraction of sp³-hybridized carbons (Fsp3) is 0.480. The second-order valence-corrected chi connectivity index (χ2v) is 9.03. The van der Waals surface area contributed by atoms with Gasteiger partial charge in [-0.25, -0.2) is 4.98 Å². The number of likely N-dealkylation sites (tertiary alicyclic amines) is 1. The van der Waals surface area contributed by atoms with E-state index < -0.39 is 5.54 Å². The van der Waals surface area contributed by atoms with Crippen molar-refractivity contribution in [1.82, 2.24) is 9.88 Å². The molecule has 33 heavy (non-hydrogen) atoms. The molecule has 1 saturated carbocycles. The number of piperidine rings is 1. The molecule has 1 atom stereocenters.